The van der Waals surface area contributed by atoms with E-state index in [2.05, 4.69) is 25.8 Å². The van der Waals surface area contributed by atoms with Crippen molar-refractivity contribution >= 4 is 15.5 Å². The third-order valence-corrected chi connectivity index (χ3v) is 8.70. The van der Waals surface area contributed by atoms with Gasteiger partial charge in [0.25, 0.3) is 0 Å². The number of hydrogen-bond donors (Lipinski definition) is 0. The van der Waals surface area contributed by atoms with Crippen LogP contribution in [0.25, 0.3) is 0 Å². The molecule has 2 aliphatic heterocycles. The molecule has 10 heteroatoms. The van der Waals surface area contributed by atoms with Gasteiger partial charge in [0.15, 0.2) is 9.84 Å². The van der Waals surface area contributed by atoms with Crippen molar-refractivity contribution in [3.8, 4) is 0 Å². The minimum Gasteiger partial charge on any atom is -0.369 e. The molecule has 4 heterocycles. The summed E-state index contributed by atoms with van der Waals surface area (Å²) in [5, 5.41) is 0. The van der Waals surface area contributed by atoms with Gasteiger partial charge in [-0.05, 0) is 42.5 Å². The number of alkyl halides is 3. The number of nitrogens with zero attached hydrogens (tertiary/aromatic N) is 4. The zero-order valence-corrected chi connectivity index (χ0v) is 18.3. The van der Waals surface area contributed by atoms with Crippen LogP contribution in [0.5, 0.6) is 0 Å². The minimum absolute atomic E-state index is 0.145. The topological polar surface area (TPSA) is 66.4 Å². The zero-order chi connectivity index (χ0) is 22.6. The molecule has 1 unspecified atom stereocenters. The maximum atomic E-state index is 12.7. The number of rotatable bonds is 4. The molecule has 0 bridgehead atoms. The van der Waals surface area contributed by atoms with Crippen LogP contribution in [0.1, 0.15) is 30.1 Å². The van der Waals surface area contributed by atoms with Crippen LogP contribution in [0.3, 0.4) is 0 Å². The third kappa shape index (κ3) is 4.10. The Morgan fingerprint density at radius 3 is 2.34 bits per heavy atom. The average Bonchev–Trinajstić information content (AvgIpc) is 2.70. The summed E-state index contributed by atoms with van der Waals surface area (Å²) >= 11 is 0. The zero-order valence-electron chi connectivity index (χ0n) is 17.5. The van der Waals surface area contributed by atoms with Crippen molar-refractivity contribution < 1.29 is 21.6 Å². The summed E-state index contributed by atoms with van der Waals surface area (Å²) in [5.74, 6) is 0.792. The van der Waals surface area contributed by atoms with Crippen LogP contribution in [0, 0.1) is 11.3 Å². The van der Waals surface area contributed by atoms with Gasteiger partial charge in [-0.15, -0.1) is 0 Å². The van der Waals surface area contributed by atoms with Gasteiger partial charge in [-0.3, -0.25) is 9.88 Å². The first-order chi connectivity index (χ1) is 15.1. The van der Waals surface area contributed by atoms with Crippen molar-refractivity contribution in [2.24, 2.45) is 11.3 Å². The Bertz CT molecular complexity index is 1050. The fourth-order valence-corrected chi connectivity index (χ4v) is 6.79. The molecular weight excluding hydrogens is 441 g/mol. The Kier molecular flexibility index (Phi) is 5.20. The number of anilines is 1. The highest BCUT2D eigenvalue weighted by Crippen LogP contribution is 2.57. The number of hydrogen-bond acceptors (Lipinski definition) is 6. The molecule has 6 nitrogen and oxygen atoms in total. The molecule has 2 aromatic rings. The maximum absolute atomic E-state index is 12.7. The second-order valence-electron chi connectivity index (χ2n) is 9.34. The van der Waals surface area contributed by atoms with Crippen molar-refractivity contribution in [2.75, 3.05) is 42.6 Å². The van der Waals surface area contributed by atoms with Gasteiger partial charge in [-0.2, -0.15) is 13.2 Å². The monoisotopic (exact) mass is 466 g/mol. The van der Waals surface area contributed by atoms with Crippen molar-refractivity contribution in [1.29, 1.82) is 0 Å². The molecule has 0 radical (unpaired) electrons. The molecule has 1 saturated carbocycles. The number of sulfone groups is 1. The average molecular weight is 467 g/mol. The van der Waals surface area contributed by atoms with Crippen molar-refractivity contribution in [2.45, 2.75) is 25.1 Å². The van der Waals surface area contributed by atoms with Crippen molar-refractivity contribution in [1.82, 2.24) is 14.9 Å². The van der Waals surface area contributed by atoms with E-state index in [9.17, 15) is 21.6 Å². The first-order valence-corrected chi connectivity index (χ1v) is 12.6. The summed E-state index contributed by atoms with van der Waals surface area (Å²) in [6, 6.07) is 6.65. The number of pyridine rings is 2. The van der Waals surface area contributed by atoms with Crippen LogP contribution in [0.4, 0.5) is 18.9 Å². The van der Waals surface area contributed by atoms with E-state index in [1.54, 1.807) is 6.20 Å². The lowest BCUT2D eigenvalue weighted by Crippen LogP contribution is -2.64. The first-order valence-electron chi connectivity index (χ1n) is 10.8. The predicted molar refractivity (Wildman–Crippen MR) is 114 cm³/mol. The van der Waals surface area contributed by atoms with E-state index < -0.39 is 21.7 Å². The molecule has 1 spiro atoms. The predicted octanol–water partition coefficient (Wildman–Crippen LogP) is 3.18. The Labute approximate surface area is 185 Å². The third-order valence-electron chi connectivity index (χ3n) is 7.09. The lowest BCUT2D eigenvalue weighted by molar-refractivity contribution is -0.141. The number of halogens is 3. The van der Waals surface area contributed by atoms with Crippen LogP contribution in [-0.2, 0) is 16.0 Å². The molecule has 172 valence electrons. The number of aromatic nitrogens is 2. The highest BCUT2D eigenvalue weighted by Gasteiger charge is 2.55. The van der Waals surface area contributed by atoms with Crippen LogP contribution >= 0.6 is 0 Å². The molecular formula is C22H25F3N4O2S. The Hall–Kier alpha value is -2.20. The molecule has 1 aliphatic carbocycles. The van der Waals surface area contributed by atoms with Gasteiger partial charge in [0.2, 0.25) is 0 Å². The molecule has 5 rings (SSSR count). The SMILES string of the molecule is O=S1(=O)CCN(C(c2cccnc2)C2CC3(C2)CN(c2ccc(C(F)(F)F)nc2)C3)CC1. The summed E-state index contributed by atoms with van der Waals surface area (Å²) in [5.41, 5.74) is 1.14. The minimum atomic E-state index is -4.43. The van der Waals surface area contributed by atoms with Gasteiger partial charge in [0.05, 0.1) is 23.4 Å². The quantitative estimate of drug-likeness (QED) is 0.690. The molecule has 0 aromatic carbocycles. The highest BCUT2D eigenvalue weighted by atomic mass is 32.2. The lowest BCUT2D eigenvalue weighted by atomic mass is 9.55. The second kappa shape index (κ2) is 7.69. The van der Waals surface area contributed by atoms with Gasteiger partial charge < -0.3 is 4.90 Å². The van der Waals surface area contributed by atoms with Gasteiger partial charge in [0.1, 0.15) is 5.69 Å². The Morgan fingerprint density at radius 1 is 1.06 bits per heavy atom. The van der Waals surface area contributed by atoms with E-state index in [1.165, 1.54) is 12.3 Å². The smallest absolute Gasteiger partial charge is 0.369 e. The van der Waals surface area contributed by atoms with E-state index in [-0.39, 0.29) is 23.0 Å². The summed E-state index contributed by atoms with van der Waals surface area (Å²) < 4.78 is 62.0. The molecule has 0 N–H and O–H groups in total. The van der Waals surface area contributed by atoms with Crippen molar-refractivity contribution in [3.05, 3.63) is 54.1 Å². The van der Waals surface area contributed by atoms with Crippen LogP contribution < -0.4 is 4.90 Å². The van der Waals surface area contributed by atoms with Gasteiger partial charge >= 0.3 is 6.18 Å². The molecule has 1 atom stereocenters. The maximum Gasteiger partial charge on any atom is 0.433 e. The largest absolute Gasteiger partial charge is 0.433 e. The molecule has 32 heavy (non-hydrogen) atoms. The first kappa shape index (κ1) is 21.6. The summed E-state index contributed by atoms with van der Waals surface area (Å²) in [6.45, 7) is 2.69. The molecule has 3 fully saturated rings. The Balaban J connectivity index is 1.24. The van der Waals surface area contributed by atoms with E-state index in [0.717, 1.165) is 43.2 Å². The van der Waals surface area contributed by atoms with Gasteiger partial charge in [0, 0.05) is 50.0 Å². The molecule has 2 aromatic heterocycles. The van der Waals surface area contributed by atoms with Crippen molar-refractivity contribution in [3.63, 3.8) is 0 Å². The highest BCUT2D eigenvalue weighted by molar-refractivity contribution is 7.91. The lowest BCUT2D eigenvalue weighted by Gasteiger charge is -2.62. The molecule has 3 aliphatic rings. The van der Waals surface area contributed by atoms with Crippen LogP contribution in [0.2, 0.25) is 0 Å². The summed E-state index contributed by atoms with van der Waals surface area (Å²) in [7, 11) is -2.95. The van der Waals surface area contributed by atoms with E-state index >= 15 is 0 Å². The van der Waals surface area contributed by atoms with Crippen LogP contribution in [-0.4, -0.2) is 61.0 Å². The summed E-state index contributed by atoms with van der Waals surface area (Å²) in [6.07, 6.45) is 2.52. The molecule has 2 saturated heterocycles. The van der Waals surface area contributed by atoms with E-state index in [0.29, 0.717) is 19.0 Å². The fourth-order valence-electron chi connectivity index (χ4n) is 5.56. The van der Waals surface area contributed by atoms with E-state index in [1.807, 2.05) is 12.3 Å². The Morgan fingerprint density at radius 2 is 1.78 bits per heavy atom. The van der Waals surface area contributed by atoms with E-state index in [4.69, 9.17) is 0 Å². The fraction of sp³-hybridized carbons (Fsp3) is 0.545. The molecule has 0 amide bonds. The van der Waals surface area contributed by atoms with Gasteiger partial charge in [-0.25, -0.2) is 13.4 Å². The van der Waals surface area contributed by atoms with Gasteiger partial charge in [-0.1, -0.05) is 6.07 Å². The summed E-state index contributed by atoms with van der Waals surface area (Å²) in [4.78, 5) is 12.2. The second-order valence-corrected chi connectivity index (χ2v) is 11.6. The standard InChI is InChI=1S/C22H25F3N4O2S/c23-22(24,25)19-4-3-18(13-27-19)29-14-21(15-29)10-17(11-21)20(16-2-1-5-26-12-16)28-6-8-32(30,31)9-7-28/h1-5,12-13,17,20H,6-11,14-15H2. The normalized spacial score (nSPS) is 24.0. The van der Waals surface area contributed by atoms with Crippen LogP contribution in [0.15, 0.2) is 42.9 Å².